The maximum absolute atomic E-state index is 12.5. The number of fused-ring (bicyclic) bond motifs is 2. The monoisotopic (exact) mass is 308 g/mol. The maximum atomic E-state index is 12.5. The average Bonchev–Trinajstić information content (AvgIpc) is 2.63. The molecule has 3 rings (SSSR count). The van der Waals surface area contributed by atoms with Crippen molar-refractivity contribution >= 4 is 17.6 Å². The molecule has 2 aliphatic rings. The number of esters is 1. The third-order valence-corrected chi connectivity index (χ3v) is 5.18. The van der Waals surface area contributed by atoms with E-state index in [1.165, 1.54) is 6.42 Å². The summed E-state index contributed by atoms with van der Waals surface area (Å²) in [6.45, 7) is 2.30. The Bertz CT molecular complexity index is 520. The number of hydrogen-bond donors (Lipinski definition) is 0. The van der Waals surface area contributed by atoms with E-state index in [9.17, 15) is 4.79 Å². The fraction of sp³-hybridized carbons (Fsp3) is 0.625. The highest BCUT2D eigenvalue weighted by atomic mass is 35.5. The summed E-state index contributed by atoms with van der Waals surface area (Å²) in [5.41, 5.74) is 1.10. The summed E-state index contributed by atoms with van der Waals surface area (Å²) in [5.74, 6) is -0.00422. The predicted octanol–water partition coefficient (Wildman–Crippen LogP) is 2.86. The summed E-state index contributed by atoms with van der Waals surface area (Å²) in [6, 6.07) is 4.48. The number of aromatic nitrogens is 1. The van der Waals surface area contributed by atoms with Crippen LogP contribution in [-0.2, 0) is 9.53 Å². The Kier molecular flexibility index (Phi) is 4.18. The predicted molar refractivity (Wildman–Crippen MR) is 81.3 cm³/mol. The molecular formula is C16H21ClN2O2. The summed E-state index contributed by atoms with van der Waals surface area (Å²) in [6.07, 6.45) is 5.17. The van der Waals surface area contributed by atoms with Crippen LogP contribution >= 0.6 is 11.6 Å². The molecule has 2 bridgehead atoms. The molecule has 4 nitrogen and oxygen atoms in total. The van der Waals surface area contributed by atoms with Crippen molar-refractivity contribution in [2.24, 2.45) is 5.92 Å². The first kappa shape index (κ1) is 14.8. The van der Waals surface area contributed by atoms with Crippen LogP contribution in [0.4, 0.5) is 0 Å². The second-order valence-corrected chi connectivity index (χ2v) is 6.34. The molecule has 2 saturated heterocycles. The van der Waals surface area contributed by atoms with E-state index in [4.69, 9.17) is 16.3 Å². The summed E-state index contributed by atoms with van der Waals surface area (Å²) >= 11 is 5.89. The molecule has 21 heavy (non-hydrogen) atoms. The highest BCUT2D eigenvalue weighted by Crippen LogP contribution is 2.48. The molecular weight excluding hydrogens is 288 g/mol. The third-order valence-electron chi connectivity index (χ3n) is 4.96. The van der Waals surface area contributed by atoms with Crippen molar-refractivity contribution in [3.05, 3.63) is 29.0 Å². The van der Waals surface area contributed by atoms with Crippen molar-refractivity contribution in [2.45, 2.75) is 44.2 Å². The number of likely N-dealkylation sites (N-methyl/N-ethyl adjacent to an activating group) is 1. The Hall–Kier alpha value is -1.13. The molecule has 114 valence electrons. The lowest BCUT2D eigenvalue weighted by Gasteiger charge is -2.32. The molecule has 2 aliphatic heterocycles. The average molecular weight is 309 g/mol. The van der Waals surface area contributed by atoms with E-state index < -0.39 is 0 Å². The van der Waals surface area contributed by atoms with Gasteiger partial charge in [-0.15, -0.1) is 0 Å². The first-order valence-corrected chi connectivity index (χ1v) is 8.01. The summed E-state index contributed by atoms with van der Waals surface area (Å²) in [4.78, 5) is 19.1. The number of pyridine rings is 1. The number of carbonyl (C=O) groups excluding carboxylic acids is 1. The zero-order valence-corrected chi connectivity index (χ0v) is 13.2. The molecule has 0 saturated carbocycles. The van der Waals surface area contributed by atoms with E-state index in [0.717, 1.165) is 18.4 Å². The van der Waals surface area contributed by atoms with E-state index in [1.54, 1.807) is 6.07 Å². The van der Waals surface area contributed by atoms with Gasteiger partial charge in [-0.2, -0.15) is 0 Å². The number of piperidine rings is 1. The van der Waals surface area contributed by atoms with Crippen molar-refractivity contribution in [2.75, 3.05) is 13.7 Å². The molecule has 0 aliphatic carbocycles. The molecule has 0 radical (unpaired) electrons. The van der Waals surface area contributed by atoms with Gasteiger partial charge in [0.2, 0.25) is 0 Å². The molecule has 2 fully saturated rings. The van der Waals surface area contributed by atoms with Gasteiger partial charge in [0.15, 0.2) is 0 Å². The Morgan fingerprint density at radius 2 is 2.19 bits per heavy atom. The first-order valence-electron chi connectivity index (χ1n) is 7.63. The molecule has 1 aromatic rings. The Labute approximate surface area is 130 Å². The van der Waals surface area contributed by atoms with E-state index in [2.05, 4.69) is 16.9 Å². The quantitative estimate of drug-likeness (QED) is 0.636. The van der Waals surface area contributed by atoms with Crippen LogP contribution in [0.5, 0.6) is 0 Å². The van der Waals surface area contributed by atoms with E-state index >= 15 is 0 Å². The Balaban J connectivity index is 1.97. The molecule has 0 spiro atoms. The number of nitrogens with zero attached hydrogens (tertiary/aromatic N) is 2. The van der Waals surface area contributed by atoms with E-state index in [1.807, 2.05) is 19.2 Å². The van der Waals surface area contributed by atoms with Crippen molar-refractivity contribution in [3.63, 3.8) is 0 Å². The van der Waals surface area contributed by atoms with Gasteiger partial charge in [0.1, 0.15) is 5.15 Å². The molecule has 0 amide bonds. The van der Waals surface area contributed by atoms with Gasteiger partial charge in [0, 0.05) is 24.2 Å². The van der Waals surface area contributed by atoms with Gasteiger partial charge in [-0.05, 0) is 38.4 Å². The Morgan fingerprint density at radius 3 is 2.86 bits per heavy atom. The first-order chi connectivity index (χ1) is 10.1. The van der Waals surface area contributed by atoms with Crippen molar-refractivity contribution in [1.82, 2.24) is 9.88 Å². The van der Waals surface area contributed by atoms with Crippen LogP contribution in [0.15, 0.2) is 18.3 Å². The fourth-order valence-electron chi connectivity index (χ4n) is 4.09. The molecule has 1 aromatic heterocycles. The standard InChI is InChI=1S/C16H21ClN2O2/c1-3-21-16(20)15-12-6-4-5-11(19(12)2)14(15)10-7-8-13(17)18-9-10/h7-9,11-12,14-15H,3-6H2,1-2H3/t11-,12+,14+,15+/m1/s1. The minimum absolute atomic E-state index is 0.0706. The smallest absolute Gasteiger partial charge is 0.311 e. The fourth-order valence-corrected chi connectivity index (χ4v) is 4.20. The highest BCUT2D eigenvalue weighted by molar-refractivity contribution is 6.29. The second kappa shape index (κ2) is 5.93. The largest absolute Gasteiger partial charge is 0.466 e. The lowest BCUT2D eigenvalue weighted by Crippen LogP contribution is -2.39. The van der Waals surface area contributed by atoms with Gasteiger partial charge in [-0.1, -0.05) is 24.1 Å². The number of hydrogen-bond acceptors (Lipinski definition) is 4. The maximum Gasteiger partial charge on any atom is 0.311 e. The normalized spacial score (nSPS) is 32.1. The van der Waals surface area contributed by atoms with E-state index in [0.29, 0.717) is 17.8 Å². The summed E-state index contributed by atoms with van der Waals surface area (Å²) in [5, 5.41) is 0.487. The number of halogens is 1. The van der Waals surface area contributed by atoms with Gasteiger partial charge in [0.05, 0.1) is 12.5 Å². The molecule has 3 heterocycles. The topological polar surface area (TPSA) is 42.4 Å². The minimum Gasteiger partial charge on any atom is -0.466 e. The molecule has 0 N–H and O–H groups in total. The van der Waals surface area contributed by atoms with Crippen LogP contribution in [0.2, 0.25) is 5.15 Å². The van der Waals surface area contributed by atoms with Crippen LogP contribution in [-0.4, -0.2) is 41.6 Å². The minimum atomic E-state index is -0.0922. The van der Waals surface area contributed by atoms with E-state index in [-0.39, 0.29) is 23.8 Å². The lowest BCUT2D eigenvalue weighted by molar-refractivity contribution is -0.149. The van der Waals surface area contributed by atoms with Gasteiger partial charge < -0.3 is 4.74 Å². The van der Waals surface area contributed by atoms with Crippen LogP contribution in [0, 0.1) is 5.92 Å². The molecule has 0 aromatic carbocycles. The van der Waals surface area contributed by atoms with Gasteiger partial charge in [0.25, 0.3) is 0 Å². The summed E-state index contributed by atoms with van der Waals surface area (Å²) < 4.78 is 5.35. The van der Waals surface area contributed by atoms with Crippen molar-refractivity contribution < 1.29 is 9.53 Å². The van der Waals surface area contributed by atoms with Gasteiger partial charge in [-0.25, -0.2) is 4.98 Å². The van der Waals surface area contributed by atoms with Gasteiger partial charge >= 0.3 is 5.97 Å². The lowest BCUT2D eigenvalue weighted by atomic mass is 9.83. The zero-order chi connectivity index (χ0) is 15.0. The number of rotatable bonds is 3. The highest BCUT2D eigenvalue weighted by Gasteiger charge is 2.53. The van der Waals surface area contributed by atoms with Crippen LogP contribution in [0.25, 0.3) is 0 Å². The number of ether oxygens (including phenoxy) is 1. The van der Waals surface area contributed by atoms with Crippen molar-refractivity contribution in [3.8, 4) is 0 Å². The zero-order valence-electron chi connectivity index (χ0n) is 12.5. The molecule has 0 unspecified atom stereocenters. The third kappa shape index (κ3) is 2.55. The van der Waals surface area contributed by atoms with Crippen molar-refractivity contribution in [1.29, 1.82) is 0 Å². The van der Waals surface area contributed by atoms with Crippen LogP contribution in [0.3, 0.4) is 0 Å². The SMILES string of the molecule is CCOC(=O)[C@@H]1[C@@H](c2ccc(Cl)nc2)[C@H]2CCC[C@@H]1N2C. The van der Waals surface area contributed by atoms with Gasteiger partial charge in [-0.3, -0.25) is 9.69 Å². The molecule has 5 heteroatoms. The van der Waals surface area contributed by atoms with Crippen LogP contribution < -0.4 is 0 Å². The molecule has 4 atom stereocenters. The Morgan fingerprint density at radius 1 is 1.43 bits per heavy atom. The second-order valence-electron chi connectivity index (χ2n) is 5.95. The van der Waals surface area contributed by atoms with Crippen LogP contribution in [0.1, 0.15) is 37.7 Å². The summed E-state index contributed by atoms with van der Waals surface area (Å²) in [7, 11) is 2.13. The number of carbonyl (C=O) groups is 1.